The fourth-order valence-corrected chi connectivity index (χ4v) is 2.74. The van der Waals surface area contributed by atoms with E-state index in [4.69, 9.17) is 21.1 Å². The van der Waals surface area contributed by atoms with Crippen molar-refractivity contribution in [1.82, 2.24) is 9.97 Å². The number of rotatable bonds is 7. The smallest absolute Gasteiger partial charge is 0.274 e. The molecule has 0 saturated carbocycles. The number of hydrogen-bond donors (Lipinski definition) is 2. The van der Waals surface area contributed by atoms with E-state index in [-0.39, 0.29) is 11.6 Å². The third-order valence-corrected chi connectivity index (χ3v) is 4.21. The first kappa shape index (κ1) is 19.4. The normalized spacial score (nSPS) is 10.2. The van der Waals surface area contributed by atoms with Gasteiger partial charge >= 0.3 is 0 Å². The number of anilines is 2. The highest BCUT2D eigenvalue weighted by Gasteiger charge is 2.15. The minimum absolute atomic E-state index is 0.252. The average Bonchev–Trinajstić information content (AvgIpc) is 2.74. The van der Waals surface area contributed by atoms with E-state index in [0.717, 1.165) is 11.4 Å². The summed E-state index contributed by atoms with van der Waals surface area (Å²) in [6.07, 6.45) is 3.30. The number of ether oxygens (including phenoxy) is 2. The van der Waals surface area contributed by atoms with Crippen molar-refractivity contribution in [1.29, 1.82) is 0 Å². The van der Waals surface area contributed by atoms with Crippen LogP contribution in [0.4, 0.5) is 11.4 Å². The van der Waals surface area contributed by atoms with Crippen molar-refractivity contribution in [2.24, 2.45) is 0 Å². The maximum atomic E-state index is 12.7. The Labute approximate surface area is 167 Å². The number of hydrogen-bond acceptors (Lipinski definition) is 6. The van der Waals surface area contributed by atoms with Gasteiger partial charge in [0.2, 0.25) is 0 Å². The van der Waals surface area contributed by atoms with Gasteiger partial charge in [0.05, 0.1) is 37.2 Å². The summed E-state index contributed by atoms with van der Waals surface area (Å²) in [5, 5.41) is 6.38. The maximum Gasteiger partial charge on any atom is 0.274 e. The highest BCUT2D eigenvalue weighted by molar-refractivity contribution is 6.32. The summed E-state index contributed by atoms with van der Waals surface area (Å²) in [7, 11) is 2.99. The molecule has 3 rings (SSSR count). The second-order valence-corrected chi connectivity index (χ2v) is 6.15. The lowest BCUT2D eigenvalue weighted by molar-refractivity contribution is 0.102. The monoisotopic (exact) mass is 398 g/mol. The van der Waals surface area contributed by atoms with Crippen LogP contribution in [-0.2, 0) is 6.54 Å². The van der Waals surface area contributed by atoms with Gasteiger partial charge in [-0.2, -0.15) is 0 Å². The predicted molar refractivity (Wildman–Crippen MR) is 108 cm³/mol. The molecule has 0 saturated heterocycles. The number of nitrogens with zero attached hydrogens (tertiary/aromatic N) is 2. The third kappa shape index (κ3) is 4.69. The fraction of sp³-hybridized carbons (Fsp3) is 0.150. The zero-order valence-electron chi connectivity index (χ0n) is 15.4. The van der Waals surface area contributed by atoms with Gasteiger partial charge in [-0.3, -0.25) is 14.8 Å². The standard InChI is InChI=1S/C20H19ClN4O3/c1-27-18-11-16(19(28-2)10-15(18)21)25-20(26)17-9-13(6-8-23-17)24-12-14-5-3-4-7-22-14/h3-11H,12H2,1-2H3,(H,23,24)(H,25,26). The Morgan fingerprint density at radius 2 is 1.86 bits per heavy atom. The summed E-state index contributed by atoms with van der Waals surface area (Å²) in [6, 6.07) is 12.3. The molecule has 0 bridgehead atoms. The highest BCUT2D eigenvalue weighted by Crippen LogP contribution is 2.36. The highest BCUT2D eigenvalue weighted by atomic mass is 35.5. The van der Waals surface area contributed by atoms with Crippen LogP contribution in [0.5, 0.6) is 11.5 Å². The van der Waals surface area contributed by atoms with Crippen LogP contribution >= 0.6 is 11.6 Å². The number of aromatic nitrogens is 2. The lowest BCUT2D eigenvalue weighted by atomic mass is 10.2. The van der Waals surface area contributed by atoms with Crippen LogP contribution in [0.1, 0.15) is 16.2 Å². The lowest BCUT2D eigenvalue weighted by Gasteiger charge is -2.13. The first-order valence-electron chi connectivity index (χ1n) is 8.43. The van der Waals surface area contributed by atoms with Crippen molar-refractivity contribution in [2.75, 3.05) is 24.9 Å². The summed E-state index contributed by atoms with van der Waals surface area (Å²) in [5.74, 6) is 0.462. The molecule has 28 heavy (non-hydrogen) atoms. The predicted octanol–water partition coefficient (Wildman–Crippen LogP) is 4.01. The van der Waals surface area contributed by atoms with Gasteiger partial charge in [-0.25, -0.2) is 0 Å². The molecule has 3 aromatic rings. The zero-order valence-corrected chi connectivity index (χ0v) is 16.2. The van der Waals surface area contributed by atoms with E-state index in [1.165, 1.54) is 14.2 Å². The van der Waals surface area contributed by atoms with E-state index in [2.05, 4.69) is 20.6 Å². The van der Waals surface area contributed by atoms with Gasteiger partial charge < -0.3 is 20.1 Å². The Morgan fingerprint density at radius 3 is 2.57 bits per heavy atom. The molecule has 0 aliphatic heterocycles. The van der Waals surface area contributed by atoms with Crippen molar-refractivity contribution < 1.29 is 14.3 Å². The first-order chi connectivity index (χ1) is 13.6. The van der Waals surface area contributed by atoms with Gasteiger partial charge in [-0.15, -0.1) is 0 Å². The molecule has 144 valence electrons. The molecule has 1 aromatic carbocycles. The number of carbonyl (C=O) groups is 1. The van der Waals surface area contributed by atoms with Gasteiger partial charge in [-0.05, 0) is 24.3 Å². The average molecular weight is 399 g/mol. The van der Waals surface area contributed by atoms with Crippen LogP contribution in [0.15, 0.2) is 54.9 Å². The van der Waals surface area contributed by atoms with Crippen molar-refractivity contribution in [3.05, 3.63) is 71.3 Å². The summed E-state index contributed by atoms with van der Waals surface area (Å²) < 4.78 is 10.5. The second-order valence-electron chi connectivity index (χ2n) is 5.75. The Balaban J connectivity index is 1.74. The van der Waals surface area contributed by atoms with E-state index >= 15 is 0 Å². The minimum Gasteiger partial charge on any atom is -0.495 e. The molecular formula is C20H19ClN4O3. The molecule has 0 radical (unpaired) electrons. The zero-order chi connectivity index (χ0) is 19.9. The number of halogens is 1. The van der Waals surface area contributed by atoms with E-state index in [9.17, 15) is 4.79 Å². The number of amides is 1. The summed E-state index contributed by atoms with van der Waals surface area (Å²) in [6.45, 7) is 0.536. The maximum absolute atomic E-state index is 12.7. The minimum atomic E-state index is -0.385. The fourth-order valence-electron chi connectivity index (χ4n) is 2.50. The van der Waals surface area contributed by atoms with Gasteiger partial charge in [0.1, 0.15) is 17.2 Å². The largest absolute Gasteiger partial charge is 0.495 e. The number of pyridine rings is 2. The molecule has 0 atom stereocenters. The Bertz CT molecular complexity index is 967. The number of carbonyl (C=O) groups excluding carboxylic acids is 1. The lowest BCUT2D eigenvalue weighted by Crippen LogP contribution is -2.15. The number of benzene rings is 1. The SMILES string of the molecule is COc1cc(NC(=O)c2cc(NCc3ccccn3)ccn2)c(OC)cc1Cl. The number of nitrogens with one attached hydrogen (secondary N) is 2. The number of methoxy groups -OCH3 is 2. The van der Waals surface area contributed by atoms with Crippen LogP contribution in [0, 0.1) is 0 Å². The van der Waals surface area contributed by atoms with E-state index in [1.807, 2.05) is 18.2 Å². The molecule has 2 heterocycles. The third-order valence-electron chi connectivity index (χ3n) is 3.91. The molecule has 0 fully saturated rings. The van der Waals surface area contributed by atoms with Crippen molar-refractivity contribution in [3.63, 3.8) is 0 Å². The van der Waals surface area contributed by atoms with Crippen molar-refractivity contribution in [3.8, 4) is 11.5 Å². The van der Waals surface area contributed by atoms with Gasteiger partial charge in [-0.1, -0.05) is 17.7 Å². The molecule has 2 aromatic heterocycles. The van der Waals surface area contributed by atoms with Crippen LogP contribution in [-0.4, -0.2) is 30.1 Å². The summed E-state index contributed by atoms with van der Waals surface area (Å²) in [5.41, 5.74) is 2.33. The second kappa shape index (κ2) is 9.05. The van der Waals surface area contributed by atoms with E-state index in [1.54, 1.807) is 36.7 Å². The molecule has 2 N–H and O–H groups in total. The topological polar surface area (TPSA) is 85.4 Å². The quantitative estimate of drug-likeness (QED) is 0.625. The molecule has 0 aliphatic rings. The summed E-state index contributed by atoms with van der Waals surface area (Å²) in [4.78, 5) is 21.0. The van der Waals surface area contributed by atoms with Gasteiger partial charge in [0, 0.05) is 30.2 Å². The van der Waals surface area contributed by atoms with Crippen LogP contribution < -0.4 is 20.1 Å². The molecule has 0 aliphatic carbocycles. The molecule has 8 heteroatoms. The van der Waals surface area contributed by atoms with Gasteiger partial charge in [0.15, 0.2) is 0 Å². The molecule has 1 amide bonds. The summed E-state index contributed by atoms with van der Waals surface area (Å²) >= 11 is 6.10. The Hall–Kier alpha value is -3.32. The van der Waals surface area contributed by atoms with Crippen LogP contribution in [0.2, 0.25) is 5.02 Å². The van der Waals surface area contributed by atoms with Crippen LogP contribution in [0.25, 0.3) is 0 Å². The van der Waals surface area contributed by atoms with Crippen molar-refractivity contribution >= 4 is 28.9 Å². The Kier molecular flexibility index (Phi) is 6.29. The molecular weight excluding hydrogens is 380 g/mol. The van der Waals surface area contributed by atoms with Crippen LogP contribution in [0.3, 0.4) is 0 Å². The molecule has 0 unspecified atom stereocenters. The first-order valence-corrected chi connectivity index (χ1v) is 8.81. The van der Waals surface area contributed by atoms with Crippen molar-refractivity contribution in [2.45, 2.75) is 6.54 Å². The van der Waals surface area contributed by atoms with E-state index < -0.39 is 0 Å². The molecule has 0 spiro atoms. The van der Waals surface area contributed by atoms with E-state index in [0.29, 0.717) is 28.8 Å². The van der Waals surface area contributed by atoms with Gasteiger partial charge in [0.25, 0.3) is 5.91 Å². The Morgan fingerprint density at radius 1 is 1.04 bits per heavy atom. The molecule has 7 nitrogen and oxygen atoms in total.